The normalized spacial score (nSPS) is 10.3. The number of aryl methyl sites for hydroxylation is 1. The Hall–Kier alpha value is -1.75. The number of ketones is 1. The zero-order valence-corrected chi connectivity index (χ0v) is 11.3. The fourth-order valence-electron chi connectivity index (χ4n) is 1.55. The number of carbonyl (C=O) groups excluding carboxylic acids is 1. The first-order valence-electron chi connectivity index (χ1n) is 5.40. The first kappa shape index (κ1) is 12.7. The van der Waals surface area contributed by atoms with Gasteiger partial charge in [-0.15, -0.1) is 0 Å². The Labute approximate surface area is 112 Å². The third-order valence-electron chi connectivity index (χ3n) is 2.44. The smallest absolute Gasteiger partial charge is 0.267 e. The Balaban J connectivity index is 2.27. The SMILES string of the molecule is Cc1ccc(=O)n(CC(=O)c2cccc(Br)c2)n1. The molecule has 0 fully saturated rings. The molecule has 0 amide bonds. The molecule has 0 radical (unpaired) electrons. The van der Waals surface area contributed by atoms with Gasteiger partial charge in [0.15, 0.2) is 5.78 Å². The van der Waals surface area contributed by atoms with Crippen LogP contribution in [0.3, 0.4) is 0 Å². The molecule has 2 rings (SSSR count). The second kappa shape index (κ2) is 5.27. The minimum Gasteiger partial charge on any atom is -0.292 e. The lowest BCUT2D eigenvalue weighted by Gasteiger charge is -2.04. The van der Waals surface area contributed by atoms with Crippen LogP contribution in [0.5, 0.6) is 0 Å². The summed E-state index contributed by atoms with van der Waals surface area (Å²) in [5, 5.41) is 4.03. The molecule has 0 aliphatic rings. The van der Waals surface area contributed by atoms with Crippen molar-refractivity contribution in [2.24, 2.45) is 0 Å². The molecule has 0 saturated heterocycles. The summed E-state index contributed by atoms with van der Waals surface area (Å²) >= 11 is 3.31. The summed E-state index contributed by atoms with van der Waals surface area (Å²) in [4.78, 5) is 23.6. The molecule has 0 aliphatic carbocycles. The first-order chi connectivity index (χ1) is 8.56. The van der Waals surface area contributed by atoms with Crippen LogP contribution < -0.4 is 5.56 Å². The van der Waals surface area contributed by atoms with Gasteiger partial charge < -0.3 is 0 Å². The molecule has 92 valence electrons. The van der Waals surface area contributed by atoms with Crippen LogP contribution in [-0.4, -0.2) is 15.6 Å². The maximum absolute atomic E-state index is 12.0. The summed E-state index contributed by atoms with van der Waals surface area (Å²) in [5.74, 6) is -0.142. The van der Waals surface area contributed by atoms with Gasteiger partial charge in [0, 0.05) is 16.1 Å². The van der Waals surface area contributed by atoms with Gasteiger partial charge >= 0.3 is 0 Å². The number of hydrogen-bond donors (Lipinski definition) is 0. The van der Waals surface area contributed by atoms with E-state index in [0.29, 0.717) is 11.3 Å². The molecule has 0 atom stereocenters. The summed E-state index contributed by atoms with van der Waals surface area (Å²) in [6.45, 7) is 1.73. The Morgan fingerprint density at radius 1 is 1.33 bits per heavy atom. The van der Waals surface area contributed by atoms with Crippen molar-refractivity contribution in [2.45, 2.75) is 13.5 Å². The van der Waals surface area contributed by atoms with Crippen LogP contribution in [-0.2, 0) is 6.54 Å². The summed E-state index contributed by atoms with van der Waals surface area (Å²) in [6.07, 6.45) is 0. The molecule has 2 aromatic rings. The highest BCUT2D eigenvalue weighted by Gasteiger charge is 2.09. The van der Waals surface area contributed by atoms with E-state index in [-0.39, 0.29) is 17.9 Å². The molecule has 18 heavy (non-hydrogen) atoms. The molecule has 1 heterocycles. The minimum absolute atomic E-state index is 0.0447. The Morgan fingerprint density at radius 3 is 2.83 bits per heavy atom. The van der Waals surface area contributed by atoms with Crippen LogP contribution in [0.25, 0.3) is 0 Å². The first-order valence-corrected chi connectivity index (χ1v) is 6.19. The number of hydrogen-bond acceptors (Lipinski definition) is 3. The van der Waals surface area contributed by atoms with Crippen LogP contribution >= 0.6 is 15.9 Å². The molecule has 5 heteroatoms. The van der Waals surface area contributed by atoms with Crippen molar-refractivity contribution in [3.63, 3.8) is 0 Å². The zero-order valence-electron chi connectivity index (χ0n) is 9.76. The number of rotatable bonds is 3. The van der Waals surface area contributed by atoms with Crippen LogP contribution in [0.2, 0.25) is 0 Å². The average molecular weight is 307 g/mol. The van der Waals surface area contributed by atoms with Crippen LogP contribution in [0.15, 0.2) is 45.7 Å². The predicted molar refractivity (Wildman–Crippen MR) is 71.7 cm³/mol. The number of Topliss-reactive ketones (excluding diaryl/α,β-unsaturated/α-hetero) is 1. The number of aromatic nitrogens is 2. The molecular formula is C13H11BrN2O2. The highest BCUT2D eigenvalue weighted by molar-refractivity contribution is 9.10. The van der Waals surface area contributed by atoms with Gasteiger partial charge in [0.2, 0.25) is 0 Å². The number of nitrogens with zero attached hydrogens (tertiary/aromatic N) is 2. The lowest BCUT2D eigenvalue weighted by molar-refractivity contribution is 0.0965. The second-order valence-corrected chi connectivity index (χ2v) is 4.82. The quantitative estimate of drug-likeness (QED) is 0.817. The van der Waals surface area contributed by atoms with E-state index in [2.05, 4.69) is 21.0 Å². The second-order valence-electron chi connectivity index (χ2n) is 3.90. The molecular weight excluding hydrogens is 296 g/mol. The summed E-state index contributed by atoms with van der Waals surface area (Å²) < 4.78 is 2.01. The van der Waals surface area contributed by atoms with E-state index in [0.717, 1.165) is 4.47 Å². The summed E-state index contributed by atoms with van der Waals surface area (Å²) in [6, 6.07) is 10.1. The van der Waals surface area contributed by atoms with Gasteiger partial charge in [-0.25, -0.2) is 4.68 Å². The monoisotopic (exact) mass is 306 g/mol. The van der Waals surface area contributed by atoms with Crippen molar-refractivity contribution < 1.29 is 4.79 Å². The minimum atomic E-state index is -0.274. The van der Waals surface area contributed by atoms with Crippen molar-refractivity contribution in [3.8, 4) is 0 Å². The largest absolute Gasteiger partial charge is 0.292 e. The van der Waals surface area contributed by atoms with Gasteiger partial charge in [0.05, 0.1) is 5.69 Å². The van der Waals surface area contributed by atoms with Gasteiger partial charge in [0.25, 0.3) is 5.56 Å². The van der Waals surface area contributed by atoms with Crippen molar-refractivity contribution in [2.75, 3.05) is 0 Å². The van der Waals surface area contributed by atoms with E-state index in [9.17, 15) is 9.59 Å². The molecule has 0 aliphatic heterocycles. The van der Waals surface area contributed by atoms with E-state index in [1.54, 1.807) is 31.2 Å². The maximum atomic E-state index is 12.0. The molecule has 1 aromatic carbocycles. The van der Waals surface area contributed by atoms with Crippen molar-refractivity contribution in [1.29, 1.82) is 0 Å². The molecule has 0 spiro atoms. The van der Waals surface area contributed by atoms with Gasteiger partial charge in [-0.05, 0) is 25.1 Å². The average Bonchev–Trinajstić information content (AvgIpc) is 2.34. The highest BCUT2D eigenvalue weighted by atomic mass is 79.9. The predicted octanol–water partition coefficient (Wildman–Crippen LogP) is 2.20. The van der Waals surface area contributed by atoms with E-state index >= 15 is 0 Å². The van der Waals surface area contributed by atoms with Crippen LogP contribution in [0, 0.1) is 6.92 Å². The fourth-order valence-corrected chi connectivity index (χ4v) is 1.95. The maximum Gasteiger partial charge on any atom is 0.267 e. The lowest BCUT2D eigenvalue weighted by Crippen LogP contribution is -2.26. The highest BCUT2D eigenvalue weighted by Crippen LogP contribution is 2.12. The zero-order chi connectivity index (χ0) is 13.1. The van der Waals surface area contributed by atoms with Crippen LogP contribution in [0.1, 0.15) is 16.1 Å². The van der Waals surface area contributed by atoms with E-state index in [1.807, 2.05) is 6.07 Å². The fraction of sp³-hybridized carbons (Fsp3) is 0.154. The molecule has 0 saturated carbocycles. The number of halogens is 1. The van der Waals surface area contributed by atoms with Crippen LogP contribution in [0.4, 0.5) is 0 Å². The van der Waals surface area contributed by atoms with E-state index in [4.69, 9.17) is 0 Å². The topological polar surface area (TPSA) is 52.0 Å². The van der Waals surface area contributed by atoms with Crippen molar-refractivity contribution in [3.05, 3.63) is 62.5 Å². The molecule has 1 aromatic heterocycles. The number of carbonyl (C=O) groups is 1. The Bertz CT molecular complexity index is 649. The standard InChI is InChI=1S/C13H11BrN2O2/c1-9-5-6-13(18)16(15-9)8-12(17)10-3-2-4-11(14)7-10/h2-7H,8H2,1H3. The summed E-state index contributed by atoms with van der Waals surface area (Å²) in [5.41, 5.74) is 0.986. The number of benzene rings is 1. The van der Waals surface area contributed by atoms with Gasteiger partial charge in [-0.1, -0.05) is 28.1 Å². The molecule has 0 N–H and O–H groups in total. The Morgan fingerprint density at radius 2 is 2.11 bits per heavy atom. The van der Waals surface area contributed by atoms with E-state index < -0.39 is 0 Å². The third kappa shape index (κ3) is 2.92. The van der Waals surface area contributed by atoms with Gasteiger partial charge in [-0.2, -0.15) is 5.10 Å². The van der Waals surface area contributed by atoms with E-state index in [1.165, 1.54) is 10.7 Å². The van der Waals surface area contributed by atoms with Gasteiger partial charge in [0.1, 0.15) is 6.54 Å². The van der Waals surface area contributed by atoms with Crippen molar-refractivity contribution in [1.82, 2.24) is 9.78 Å². The molecule has 4 nitrogen and oxygen atoms in total. The summed E-state index contributed by atoms with van der Waals surface area (Å²) in [7, 11) is 0. The van der Waals surface area contributed by atoms with Gasteiger partial charge in [-0.3, -0.25) is 9.59 Å². The molecule has 0 bridgehead atoms. The Kier molecular flexibility index (Phi) is 3.72. The third-order valence-corrected chi connectivity index (χ3v) is 2.93. The van der Waals surface area contributed by atoms with Crippen molar-refractivity contribution >= 4 is 21.7 Å². The molecule has 0 unspecified atom stereocenters. The lowest BCUT2D eigenvalue weighted by atomic mass is 10.1.